The summed E-state index contributed by atoms with van der Waals surface area (Å²) in [5, 5.41) is 2.89. The molecular formula is C12H14N2OS2. The van der Waals surface area contributed by atoms with E-state index in [2.05, 4.69) is 10.3 Å². The molecule has 0 bridgehead atoms. The van der Waals surface area contributed by atoms with Crippen LogP contribution in [-0.2, 0) is 4.79 Å². The topological polar surface area (TPSA) is 42.0 Å². The number of amides is 1. The average Bonchev–Trinajstić information content (AvgIpc) is 2.70. The van der Waals surface area contributed by atoms with Gasteiger partial charge >= 0.3 is 0 Å². The largest absolute Gasteiger partial charge is 0.326 e. The number of aromatic nitrogens is 1. The molecule has 0 spiro atoms. The molecule has 0 radical (unpaired) electrons. The molecule has 0 saturated heterocycles. The highest BCUT2D eigenvalue weighted by molar-refractivity contribution is 8.00. The third-order valence-corrected chi connectivity index (χ3v) is 4.34. The molecule has 0 saturated carbocycles. The maximum absolute atomic E-state index is 11.6. The van der Waals surface area contributed by atoms with Crippen molar-refractivity contribution in [1.29, 1.82) is 0 Å². The van der Waals surface area contributed by atoms with Crippen LogP contribution in [0.25, 0.3) is 10.2 Å². The lowest BCUT2D eigenvalue weighted by atomic mass is 10.2. The van der Waals surface area contributed by atoms with Gasteiger partial charge in [-0.25, -0.2) is 4.98 Å². The molecule has 1 aromatic heterocycles. The van der Waals surface area contributed by atoms with E-state index in [4.69, 9.17) is 0 Å². The van der Waals surface area contributed by atoms with Gasteiger partial charge in [0.1, 0.15) is 0 Å². The van der Waals surface area contributed by atoms with Crippen molar-refractivity contribution in [2.75, 3.05) is 11.6 Å². The number of nitrogens with zero attached hydrogens (tertiary/aromatic N) is 1. The van der Waals surface area contributed by atoms with Crippen molar-refractivity contribution in [3.05, 3.63) is 18.2 Å². The summed E-state index contributed by atoms with van der Waals surface area (Å²) in [6.45, 7) is 3.76. The molecule has 1 amide bonds. The predicted molar refractivity (Wildman–Crippen MR) is 74.9 cm³/mol. The Morgan fingerprint density at radius 1 is 1.47 bits per heavy atom. The summed E-state index contributed by atoms with van der Waals surface area (Å²) in [7, 11) is 0. The Hall–Kier alpha value is -1.07. The monoisotopic (exact) mass is 266 g/mol. The number of nitrogens with one attached hydrogen (secondary N) is 1. The van der Waals surface area contributed by atoms with Gasteiger partial charge in [-0.2, -0.15) is 0 Å². The fourth-order valence-electron chi connectivity index (χ4n) is 1.36. The molecule has 0 aliphatic rings. The minimum absolute atomic E-state index is 0.00563. The van der Waals surface area contributed by atoms with Gasteiger partial charge in [0.15, 0.2) is 4.34 Å². The molecule has 90 valence electrons. The van der Waals surface area contributed by atoms with E-state index in [-0.39, 0.29) is 11.8 Å². The summed E-state index contributed by atoms with van der Waals surface area (Å²) < 4.78 is 2.16. The van der Waals surface area contributed by atoms with Crippen molar-refractivity contribution in [3.63, 3.8) is 0 Å². The molecule has 1 heterocycles. The van der Waals surface area contributed by atoms with E-state index in [1.807, 2.05) is 38.3 Å². The van der Waals surface area contributed by atoms with Crippen molar-refractivity contribution in [2.45, 2.75) is 18.2 Å². The van der Waals surface area contributed by atoms with Gasteiger partial charge in [0, 0.05) is 11.6 Å². The predicted octanol–water partition coefficient (Wildman–Crippen LogP) is 3.61. The lowest BCUT2D eigenvalue weighted by Crippen LogP contribution is -2.17. The van der Waals surface area contributed by atoms with E-state index in [1.54, 1.807) is 23.1 Å². The first-order valence-corrected chi connectivity index (χ1v) is 7.39. The SMILES string of the molecule is CSc1nc2ccc(NC(=O)C(C)C)cc2s1. The average molecular weight is 266 g/mol. The number of carbonyl (C=O) groups is 1. The number of benzene rings is 1. The molecule has 0 aliphatic carbocycles. The summed E-state index contributed by atoms with van der Waals surface area (Å²) in [6.07, 6.45) is 2.01. The number of thioether (sulfide) groups is 1. The standard InChI is InChI=1S/C12H14N2OS2/c1-7(2)11(15)13-8-4-5-9-10(6-8)17-12(14-9)16-3/h4-7H,1-3H3,(H,13,15). The van der Waals surface area contributed by atoms with Crippen LogP contribution in [0, 0.1) is 5.92 Å². The van der Waals surface area contributed by atoms with Crippen molar-refractivity contribution in [3.8, 4) is 0 Å². The summed E-state index contributed by atoms with van der Waals surface area (Å²) in [4.78, 5) is 16.0. The van der Waals surface area contributed by atoms with E-state index in [0.717, 1.165) is 20.2 Å². The van der Waals surface area contributed by atoms with Gasteiger partial charge in [0.25, 0.3) is 0 Å². The van der Waals surface area contributed by atoms with Gasteiger partial charge in [0.05, 0.1) is 10.2 Å². The molecule has 3 nitrogen and oxygen atoms in total. The van der Waals surface area contributed by atoms with Gasteiger partial charge in [-0.3, -0.25) is 4.79 Å². The van der Waals surface area contributed by atoms with Crippen LogP contribution in [0.2, 0.25) is 0 Å². The van der Waals surface area contributed by atoms with E-state index in [9.17, 15) is 4.79 Å². The third-order valence-electron chi connectivity index (χ3n) is 2.34. The van der Waals surface area contributed by atoms with Crippen LogP contribution in [0.4, 0.5) is 5.69 Å². The number of anilines is 1. The van der Waals surface area contributed by atoms with Crippen LogP contribution in [0.5, 0.6) is 0 Å². The summed E-state index contributed by atoms with van der Waals surface area (Å²) in [5.74, 6) is 0.0351. The lowest BCUT2D eigenvalue weighted by Gasteiger charge is -2.06. The molecule has 0 fully saturated rings. The van der Waals surface area contributed by atoms with Gasteiger partial charge in [-0.15, -0.1) is 11.3 Å². The molecular weight excluding hydrogens is 252 g/mol. The second-order valence-electron chi connectivity index (χ2n) is 4.01. The van der Waals surface area contributed by atoms with Crippen LogP contribution >= 0.6 is 23.1 Å². The zero-order valence-corrected chi connectivity index (χ0v) is 11.6. The minimum Gasteiger partial charge on any atom is -0.326 e. The summed E-state index contributed by atoms with van der Waals surface area (Å²) >= 11 is 3.29. The van der Waals surface area contributed by atoms with E-state index < -0.39 is 0 Å². The molecule has 1 aromatic carbocycles. The molecule has 0 unspecified atom stereocenters. The van der Waals surface area contributed by atoms with E-state index in [0.29, 0.717) is 0 Å². The van der Waals surface area contributed by atoms with Crippen molar-refractivity contribution >= 4 is 44.9 Å². The van der Waals surface area contributed by atoms with Crippen molar-refractivity contribution < 1.29 is 4.79 Å². The number of carbonyl (C=O) groups excluding carboxylic acids is 1. The van der Waals surface area contributed by atoms with Gasteiger partial charge in [-0.05, 0) is 24.5 Å². The Morgan fingerprint density at radius 3 is 2.88 bits per heavy atom. The van der Waals surface area contributed by atoms with Crippen LogP contribution < -0.4 is 5.32 Å². The number of fused-ring (bicyclic) bond motifs is 1. The fraction of sp³-hybridized carbons (Fsp3) is 0.333. The van der Waals surface area contributed by atoms with Crippen LogP contribution in [0.15, 0.2) is 22.5 Å². The Labute approximate surface area is 109 Å². The number of thiazole rings is 1. The van der Waals surface area contributed by atoms with E-state index in [1.165, 1.54) is 0 Å². The number of hydrogen-bond donors (Lipinski definition) is 1. The first kappa shape index (κ1) is 12.4. The Kier molecular flexibility index (Phi) is 3.69. The zero-order valence-electron chi connectivity index (χ0n) is 9.98. The number of hydrogen-bond acceptors (Lipinski definition) is 4. The fourth-order valence-corrected chi connectivity index (χ4v) is 2.88. The summed E-state index contributed by atoms with van der Waals surface area (Å²) in [6, 6.07) is 5.82. The third kappa shape index (κ3) is 2.79. The van der Waals surface area contributed by atoms with Gasteiger partial charge < -0.3 is 5.32 Å². The van der Waals surface area contributed by atoms with Crippen molar-refractivity contribution in [2.24, 2.45) is 5.92 Å². The second kappa shape index (κ2) is 5.06. The molecule has 2 rings (SSSR count). The zero-order chi connectivity index (χ0) is 12.4. The minimum atomic E-state index is -0.00563. The Morgan fingerprint density at radius 2 is 2.24 bits per heavy atom. The van der Waals surface area contributed by atoms with Gasteiger partial charge in [-0.1, -0.05) is 25.6 Å². The highest BCUT2D eigenvalue weighted by atomic mass is 32.2. The smallest absolute Gasteiger partial charge is 0.226 e. The maximum Gasteiger partial charge on any atom is 0.226 e. The second-order valence-corrected chi connectivity index (χ2v) is 6.09. The van der Waals surface area contributed by atoms with Crippen LogP contribution in [0.1, 0.15) is 13.8 Å². The highest BCUT2D eigenvalue weighted by Crippen LogP contribution is 2.29. The van der Waals surface area contributed by atoms with E-state index >= 15 is 0 Å². The normalized spacial score (nSPS) is 11.1. The maximum atomic E-state index is 11.6. The van der Waals surface area contributed by atoms with Gasteiger partial charge in [0.2, 0.25) is 5.91 Å². The summed E-state index contributed by atoms with van der Waals surface area (Å²) in [5.41, 5.74) is 1.83. The molecule has 5 heteroatoms. The Balaban J connectivity index is 2.28. The lowest BCUT2D eigenvalue weighted by molar-refractivity contribution is -0.118. The molecule has 0 atom stereocenters. The number of rotatable bonds is 3. The quantitative estimate of drug-likeness (QED) is 0.863. The molecule has 0 aliphatic heterocycles. The molecule has 1 N–H and O–H groups in total. The highest BCUT2D eigenvalue weighted by Gasteiger charge is 2.08. The molecule has 2 aromatic rings. The van der Waals surface area contributed by atoms with Crippen LogP contribution in [0.3, 0.4) is 0 Å². The molecule has 17 heavy (non-hydrogen) atoms. The first-order chi connectivity index (χ1) is 8.10. The first-order valence-electron chi connectivity index (χ1n) is 5.35. The Bertz CT molecular complexity index is 548. The van der Waals surface area contributed by atoms with Crippen LogP contribution in [-0.4, -0.2) is 17.1 Å². The van der Waals surface area contributed by atoms with Crippen molar-refractivity contribution in [1.82, 2.24) is 4.98 Å².